The van der Waals surface area contributed by atoms with Gasteiger partial charge in [0.05, 0.1) is 8.04 Å². The SMILES string of the molecule is O=Cc1cc(Br)c(OCc2ccc(Br)cc2)c(I)c1. The Hall–Kier alpha value is -0.400. The van der Waals surface area contributed by atoms with Crippen molar-refractivity contribution in [3.8, 4) is 5.75 Å². The van der Waals surface area contributed by atoms with Gasteiger partial charge in [0.25, 0.3) is 0 Å². The van der Waals surface area contributed by atoms with Gasteiger partial charge in [-0.05, 0) is 68.3 Å². The van der Waals surface area contributed by atoms with E-state index in [-0.39, 0.29) is 0 Å². The van der Waals surface area contributed by atoms with Crippen molar-refractivity contribution >= 4 is 60.7 Å². The highest BCUT2D eigenvalue weighted by atomic mass is 127. The van der Waals surface area contributed by atoms with Crippen molar-refractivity contribution in [1.29, 1.82) is 0 Å². The van der Waals surface area contributed by atoms with E-state index in [1.807, 2.05) is 24.3 Å². The van der Waals surface area contributed by atoms with Crippen molar-refractivity contribution in [3.63, 3.8) is 0 Å². The molecule has 2 nitrogen and oxygen atoms in total. The maximum Gasteiger partial charge on any atom is 0.150 e. The molecule has 0 N–H and O–H groups in total. The number of hydrogen-bond acceptors (Lipinski definition) is 2. The number of carbonyl (C=O) groups excluding carboxylic acids is 1. The molecule has 2 aromatic rings. The van der Waals surface area contributed by atoms with E-state index in [1.54, 1.807) is 12.1 Å². The summed E-state index contributed by atoms with van der Waals surface area (Å²) in [7, 11) is 0. The van der Waals surface area contributed by atoms with E-state index in [2.05, 4.69) is 54.5 Å². The van der Waals surface area contributed by atoms with Crippen LogP contribution in [0.2, 0.25) is 0 Å². The predicted octanol–water partition coefficient (Wildman–Crippen LogP) is 5.21. The van der Waals surface area contributed by atoms with Crippen LogP contribution >= 0.6 is 54.5 Å². The first-order valence-electron chi connectivity index (χ1n) is 5.41. The number of benzene rings is 2. The van der Waals surface area contributed by atoms with Gasteiger partial charge < -0.3 is 4.74 Å². The second-order valence-electron chi connectivity index (χ2n) is 3.85. The third-order valence-corrected chi connectivity index (χ3v) is 4.37. The molecule has 0 saturated carbocycles. The molecule has 19 heavy (non-hydrogen) atoms. The fraction of sp³-hybridized carbons (Fsp3) is 0.0714. The molecule has 0 spiro atoms. The van der Waals surface area contributed by atoms with Gasteiger partial charge in [0.1, 0.15) is 18.6 Å². The lowest BCUT2D eigenvalue weighted by atomic mass is 10.2. The zero-order chi connectivity index (χ0) is 13.8. The molecule has 0 atom stereocenters. The minimum absolute atomic E-state index is 0.488. The molecule has 0 bridgehead atoms. The van der Waals surface area contributed by atoms with Crippen LogP contribution in [0.25, 0.3) is 0 Å². The van der Waals surface area contributed by atoms with Gasteiger partial charge in [-0.15, -0.1) is 0 Å². The Labute approximate surface area is 141 Å². The molecular formula is C14H9Br2IO2. The third kappa shape index (κ3) is 4.03. The Bertz CT molecular complexity index is 574. The van der Waals surface area contributed by atoms with E-state index >= 15 is 0 Å². The summed E-state index contributed by atoms with van der Waals surface area (Å²) >= 11 is 8.99. The lowest BCUT2D eigenvalue weighted by Gasteiger charge is -2.11. The Morgan fingerprint density at radius 2 is 1.84 bits per heavy atom. The second kappa shape index (κ2) is 6.85. The Morgan fingerprint density at radius 1 is 1.16 bits per heavy atom. The molecule has 2 rings (SSSR count). The molecule has 5 heteroatoms. The summed E-state index contributed by atoms with van der Waals surface area (Å²) < 4.78 is 8.55. The molecule has 0 fully saturated rings. The molecule has 98 valence electrons. The topological polar surface area (TPSA) is 26.3 Å². The van der Waals surface area contributed by atoms with Crippen LogP contribution in [-0.2, 0) is 6.61 Å². The van der Waals surface area contributed by atoms with E-state index in [4.69, 9.17) is 4.74 Å². The van der Waals surface area contributed by atoms with Crippen LogP contribution in [0.4, 0.5) is 0 Å². The van der Waals surface area contributed by atoms with Gasteiger partial charge in [-0.25, -0.2) is 0 Å². The predicted molar refractivity (Wildman–Crippen MR) is 90.7 cm³/mol. The minimum atomic E-state index is 0.488. The van der Waals surface area contributed by atoms with Crippen molar-refractivity contribution in [2.75, 3.05) is 0 Å². The van der Waals surface area contributed by atoms with Crippen molar-refractivity contribution in [3.05, 3.63) is 60.0 Å². The summed E-state index contributed by atoms with van der Waals surface area (Å²) in [5.41, 5.74) is 1.72. The standard InChI is InChI=1S/C14H9Br2IO2/c15-11-3-1-9(2-4-11)8-19-14-12(16)5-10(7-18)6-13(14)17/h1-7H,8H2. The third-order valence-electron chi connectivity index (χ3n) is 2.45. The van der Waals surface area contributed by atoms with Gasteiger partial charge in [0.2, 0.25) is 0 Å². The number of carbonyl (C=O) groups is 1. The molecule has 0 aliphatic rings. The van der Waals surface area contributed by atoms with Crippen LogP contribution in [0, 0.1) is 3.57 Å². The quantitative estimate of drug-likeness (QED) is 0.430. The van der Waals surface area contributed by atoms with Crippen LogP contribution < -0.4 is 4.74 Å². The molecule has 0 aliphatic heterocycles. The smallest absolute Gasteiger partial charge is 0.150 e. The zero-order valence-electron chi connectivity index (χ0n) is 9.70. The van der Waals surface area contributed by atoms with Gasteiger partial charge in [-0.3, -0.25) is 4.79 Å². The molecule has 0 unspecified atom stereocenters. The fourth-order valence-electron chi connectivity index (χ4n) is 1.52. The maximum absolute atomic E-state index is 10.8. The maximum atomic E-state index is 10.8. The number of ether oxygens (including phenoxy) is 1. The molecule has 0 heterocycles. The minimum Gasteiger partial charge on any atom is -0.487 e. The summed E-state index contributed by atoms with van der Waals surface area (Å²) in [6.07, 6.45) is 0.825. The molecule has 2 aromatic carbocycles. The van der Waals surface area contributed by atoms with Gasteiger partial charge in [-0.2, -0.15) is 0 Å². The van der Waals surface area contributed by atoms with Gasteiger partial charge in [-0.1, -0.05) is 28.1 Å². The summed E-state index contributed by atoms with van der Waals surface area (Å²) in [6, 6.07) is 11.5. The highest BCUT2D eigenvalue weighted by Crippen LogP contribution is 2.32. The molecular weight excluding hydrogens is 487 g/mol. The number of rotatable bonds is 4. The first-order valence-corrected chi connectivity index (χ1v) is 8.08. The lowest BCUT2D eigenvalue weighted by molar-refractivity contribution is 0.112. The molecule has 0 radical (unpaired) electrons. The zero-order valence-corrected chi connectivity index (χ0v) is 15.0. The molecule has 0 aromatic heterocycles. The van der Waals surface area contributed by atoms with Crippen LogP contribution in [0.1, 0.15) is 15.9 Å². The summed E-state index contributed by atoms with van der Waals surface area (Å²) in [6.45, 7) is 0.488. The largest absolute Gasteiger partial charge is 0.487 e. The summed E-state index contributed by atoms with van der Waals surface area (Å²) in [4.78, 5) is 10.8. The van der Waals surface area contributed by atoms with Gasteiger partial charge in [0.15, 0.2) is 0 Å². The fourth-order valence-corrected chi connectivity index (χ4v) is 3.55. The van der Waals surface area contributed by atoms with E-state index in [0.29, 0.717) is 12.2 Å². The van der Waals surface area contributed by atoms with Crippen LogP contribution in [-0.4, -0.2) is 6.29 Å². The lowest BCUT2D eigenvalue weighted by Crippen LogP contribution is -1.98. The highest BCUT2D eigenvalue weighted by Gasteiger charge is 2.09. The average molecular weight is 496 g/mol. The average Bonchev–Trinajstić information content (AvgIpc) is 2.39. The molecule has 0 saturated heterocycles. The Morgan fingerprint density at radius 3 is 2.42 bits per heavy atom. The van der Waals surface area contributed by atoms with E-state index in [1.165, 1.54) is 0 Å². The normalized spacial score (nSPS) is 10.3. The second-order valence-corrected chi connectivity index (χ2v) is 6.78. The van der Waals surface area contributed by atoms with Crippen molar-refractivity contribution < 1.29 is 9.53 Å². The van der Waals surface area contributed by atoms with Crippen LogP contribution in [0.3, 0.4) is 0 Å². The van der Waals surface area contributed by atoms with E-state index in [9.17, 15) is 4.79 Å². The summed E-state index contributed by atoms with van der Waals surface area (Å²) in [5, 5.41) is 0. The number of hydrogen-bond donors (Lipinski definition) is 0. The van der Waals surface area contributed by atoms with Gasteiger partial charge in [0, 0.05) is 10.0 Å². The number of aldehydes is 1. The first-order chi connectivity index (χ1) is 9.10. The highest BCUT2D eigenvalue weighted by molar-refractivity contribution is 14.1. The van der Waals surface area contributed by atoms with Crippen LogP contribution in [0.15, 0.2) is 45.3 Å². The molecule has 0 aliphatic carbocycles. The monoisotopic (exact) mass is 494 g/mol. The van der Waals surface area contributed by atoms with Crippen molar-refractivity contribution in [2.45, 2.75) is 6.61 Å². The Kier molecular flexibility index (Phi) is 5.41. The van der Waals surface area contributed by atoms with E-state index in [0.717, 1.165) is 30.1 Å². The summed E-state index contributed by atoms with van der Waals surface area (Å²) in [5.74, 6) is 0.758. The van der Waals surface area contributed by atoms with Gasteiger partial charge >= 0.3 is 0 Å². The first kappa shape index (κ1) is 15.0. The Balaban J connectivity index is 2.15. The molecule has 0 amide bonds. The number of halogens is 3. The van der Waals surface area contributed by atoms with E-state index < -0.39 is 0 Å². The van der Waals surface area contributed by atoms with Crippen LogP contribution in [0.5, 0.6) is 5.75 Å². The van der Waals surface area contributed by atoms with Crippen molar-refractivity contribution in [2.24, 2.45) is 0 Å². The van der Waals surface area contributed by atoms with Crippen molar-refractivity contribution in [1.82, 2.24) is 0 Å².